The highest BCUT2D eigenvalue weighted by molar-refractivity contribution is 6.20. The molecule has 2 rings (SSSR count). The Hall–Kier alpha value is -0.530. The number of ether oxygens (including phenoxy) is 1. The summed E-state index contributed by atoms with van der Waals surface area (Å²) < 4.78 is 6.24. The van der Waals surface area contributed by atoms with Crippen molar-refractivity contribution in [3.8, 4) is 0 Å². The Morgan fingerprint density at radius 3 is 2.63 bits per heavy atom. The summed E-state index contributed by atoms with van der Waals surface area (Å²) in [5.41, 5.74) is 1.27. The van der Waals surface area contributed by atoms with Crippen LogP contribution in [0.5, 0.6) is 0 Å². The van der Waals surface area contributed by atoms with Gasteiger partial charge in [-0.15, -0.1) is 11.6 Å². The Kier molecular flexibility index (Phi) is 6.19. The molecule has 1 aromatic carbocycles. The quantitative estimate of drug-likeness (QED) is 0.495. The number of alkyl halides is 1. The molecule has 3 unspecified atom stereocenters. The molecule has 1 nitrogen and oxygen atoms in total. The molecule has 106 valence electrons. The van der Waals surface area contributed by atoms with Crippen LogP contribution in [0, 0.1) is 0 Å². The minimum Gasteiger partial charge on any atom is -0.370 e. The first-order chi connectivity index (χ1) is 9.29. The zero-order chi connectivity index (χ0) is 13.5. The summed E-state index contributed by atoms with van der Waals surface area (Å²) in [5, 5.41) is 0.259. The summed E-state index contributed by atoms with van der Waals surface area (Å²) in [5.74, 6) is 0. The van der Waals surface area contributed by atoms with E-state index in [1.165, 1.54) is 31.2 Å². The van der Waals surface area contributed by atoms with Gasteiger partial charge in [0, 0.05) is 5.38 Å². The second-order valence-corrected chi connectivity index (χ2v) is 6.19. The fourth-order valence-electron chi connectivity index (χ4n) is 2.82. The summed E-state index contributed by atoms with van der Waals surface area (Å²) in [6.45, 7) is 2.25. The molecule has 0 aromatic heterocycles. The second-order valence-electron chi connectivity index (χ2n) is 5.58. The zero-order valence-corrected chi connectivity index (χ0v) is 12.6. The molecule has 3 atom stereocenters. The fourth-order valence-corrected chi connectivity index (χ4v) is 3.18. The molecule has 0 spiro atoms. The minimum atomic E-state index is 0.189. The zero-order valence-electron chi connectivity index (χ0n) is 11.9. The van der Waals surface area contributed by atoms with Gasteiger partial charge in [0.1, 0.15) is 0 Å². The van der Waals surface area contributed by atoms with Gasteiger partial charge in [-0.25, -0.2) is 0 Å². The third-order valence-electron chi connectivity index (χ3n) is 3.90. The van der Waals surface area contributed by atoms with E-state index in [0.717, 1.165) is 19.3 Å². The monoisotopic (exact) mass is 280 g/mol. The number of halogens is 1. The van der Waals surface area contributed by atoms with E-state index in [4.69, 9.17) is 16.3 Å². The minimum absolute atomic E-state index is 0.189. The number of hydrogen-bond donors (Lipinski definition) is 0. The largest absolute Gasteiger partial charge is 0.370 e. The molecular weight excluding hydrogens is 256 g/mol. The van der Waals surface area contributed by atoms with Gasteiger partial charge in [0.05, 0.1) is 12.2 Å². The van der Waals surface area contributed by atoms with E-state index in [9.17, 15) is 0 Å². The highest BCUT2D eigenvalue weighted by Gasteiger charge is 2.28. The van der Waals surface area contributed by atoms with Crippen molar-refractivity contribution in [1.29, 1.82) is 0 Å². The SMILES string of the molecule is CCCCCCC1CC(Cl)CC(c2ccccc2)O1. The van der Waals surface area contributed by atoms with E-state index in [-0.39, 0.29) is 11.5 Å². The van der Waals surface area contributed by atoms with E-state index in [1.54, 1.807) is 0 Å². The van der Waals surface area contributed by atoms with Crippen LogP contribution in [-0.4, -0.2) is 11.5 Å². The fraction of sp³-hybridized carbons (Fsp3) is 0.647. The average molecular weight is 281 g/mol. The van der Waals surface area contributed by atoms with Crippen LogP contribution in [0.25, 0.3) is 0 Å². The third-order valence-corrected chi connectivity index (χ3v) is 4.25. The van der Waals surface area contributed by atoms with E-state index < -0.39 is 0 Å². The highest BCUT2D eigenvalue weighted by atomic mass is 35.5. The van der Waals surface area contributed by atoms with Crippen molar-refractivity contribution >= 4 is 11.6 Å². The average Bonchev–Trinajstić information content (AvgIpc) is 2.44. The molecule has 1 aromatic rings. The third kappa shape index (κ3) is 4.81. The summed E-state index contributed by atoms with van der Waals surface area (Å²) in [6, 6.07) is 10.5. The van der Waals surface area contributed by atoms with E-state index in [1.807, 2.05) is 6.07 Å². The van der Waals surface area contributed by atoms with Crippen LogP contribution in [0.4, 0.5) is 0 Å². The van der Waals surface area contributed by atoms with Gasteiger partial charge in [0.15, 0.2) is 0 Å². The molecule has 0 bridgehead atoms. The molecule has 1 saturated heterocycles. The van der Waals surface area contributed by atoms with Crippen molar-refractivity contribution in [2.24, 2.45) is 0 Å². The standard InChI is InChI=1S/C17H25ClO/c1-2-3-4-8-11-16-12-15(18)13-17(19-16)14-9-6-5-7-10-14/h5-7,9-10,15-17H,2-4,8,11-13H2,1H3. The van der Waals surface area contributed by atoms with Gasteiger partial charge in [-0.2, -0.15) is 0 Å². The van der Waals surface area contributed by atoms with Gasteiger partial charge in [-0.05, 0) is 24.8 Å². The van der Waals surface area contributed by atoms with Crippen molar-refractivity contribution in [3.63, 3.8) is 0 Å². The Balaban J connectivity index is 1.85. The van der Waals surface area contributed by atoms with Crippen LogP contribution in [0.2, 0.25) is 0 Å². The predicted molar refractivity (Wildman–Crippen MR) is 81.7 cm³/mol. The number of rotatable bonds is 6. The number of unbranched alkanes of at least 4 members (excludes halogenated alkanes) is 3. The number of benzene rings is 1. The molecule has 0 amide bonds. The molecule has 0 saturated carbocycles. The van der Waals surface area contributed by atoms with Crippen LogP contribution in [0.1, 0.15) is 63.5 Å². The molecule has 19 heavy (non-hydrogen) atoms. The maximum Gasteiger partial charge on any atom is 0.0842 e. The molecule has 0 radical (unpaired) electrons. The van der Waals surface area contributed by atoms with E-state index >= 15 is 0 Å². The lowest BCUT2D eigenvalue weighted by Crippen LogP contribution is -2.28. The molecule has 2 heteroatoms. The Morgan fingerprint density at radius 2 is 1.89 bits per heavy atom. The summed E-state index contributed by atoms with van der Waals surface area (Å²) in [6.07, 6.45) is 8.85. The molecule has 1 fully saturated rings. The lowest BCUT2D eigenvalue weighted by atomic mass is 9.95. The Morgan fingerprint density at radius 1 is 1.11 bits per heavy atom. The highest BCUT2D eigenvalue weighted by Crippen LogP contribution is 2.35. The summed E-state index contributed by atoms with van der Waals surface area (Å²) in [4.78, 5) is 0. The molecule has 0 aliphatic carbocycles. The van der Waals surface area contributed by atoms with Crippen molar-refractivity contribution < 1.29 is 4.74 Å². The second kappa shape index (κ2) is 7.91. The summed E-state index contributed by atoms with van der Waals surface area (Å²) >= 11 is 6.42. The van der Waals surface area contributed by atoms with Crippen LogP contribution in [0.15, 0.2) is 30.3 Å². The van der Waals surface area contributed by atoms with Crippen molar-refractivity contribution in [1.82, 2.24) is 0 Å². The predicted octanol–water partition coefficient (Wildman–Crippen LogP) is 5.48. The normalized spacial score (nSPS) is 27.4. The van der Waals surface area contributed by atoms with E-state index in [2.05, 4.69) is 31.2 Å². The van der Waals surface area contributed by atoms with Crippen molar-refractivity contribution in [2.75, 3.05) is 0 Å². The summed E-state index contributed by atoms with van der Waals surface area (Å²) in [7, 11) is 0. The lowest BCUT2D eigenvalue weighted by molar-refractivity contribution is -0.0539. The van der Waals surface area contributed by atoms with Gasteiger partial charge in [0.25, 0.3) is 0 Å². The maximum absolute atomic E-state index is 6.42. The molecule has 0 N–H and O–H groups in total. The first kappa shape index (κ1) is 14.9. The van der Waals surface area contributed by atoms with E-state index in [0.29, 0.717) is 6.10 Å². The smallest absolute Gasteiger partial charge is 0.0842 e. The van der Waals surface area contributed by atoms with Crippen LogP contribution in [-0.2, 0) is 4.74 Å². The Labute approximate surface area is 122 Å². The first-order valence-corrected chi connectivity index (χ1v) is 8.07. The van der Waals surface area contributed by atoms with Gasteiger partial charge >= 0.3 is 0 Å². The first-order valence-electron chi connectivity index (χ1n) is 7.64. The van der Waals surface area contributed by atoms with Crippen LogP contribution >= 0.6 is 11.6 Å². The Bertz CT molecular complexity index is 352. The molecule has 1 aliphatic heterocycles. The van der Waals surface area contributed by atoms with Gasteiger partial charge in [-0.3, -0.25) is 0 Å². The van der Waals surface area contributed by atoms with Crippen molar-refractivity contribution in [3.05, 3.63) is 35.9 Å². The lowest BCUT2D eigenvalue weighted by Gasteiger charge is -2.33. The van der Waals surface area contributed by atoms with Gasteiger partial charge < -0.3 is 4.74 Å². The van der Waals surface area contributed by atoms with Crippen LogP contribution < -0.4 is 0 Å². The van der Waals surface area contributed by atoms with Crippen LogP contribution in [0.3, 0.4) is 0 Å². The maximum atomic E-state index is 6.42. The molecular formula is C17H25ClO. The molecule has 1 aliphatic rings. The van der Waals surface area contributed by atoms with Gasteiger partial charge in [0.2, 0.25) is 0 Å². The topological polar surface area (TPSA) is 9.23 Å². The number of hydrogen-bond acceptors (Lipinski definition) is 1. The molecule has 1 heterocycles. The van der Waals surface area contributed by atoms with Crippen molar-refractivity contribution in [2.45, 2.75) is 69.5 Å². The van der Waals surface area contributed by atoms with Gasteiger partial charge in [-0.1, -0.05) is 62.9 Å².